The molecule has 0 aromatic heterocycles. The van der Waals surface area contributed by atoms with Crippen LogP contribution < -0.4 is 5.32 Å². The van der Waals surface area contributed by atoms with Crippen molar-refractivity contribution in [1.29, 1.82) is 0 Å². The summed E-state index contributed by atoms with van der Waals surface area (Å²) in [4.78, 5) is 12.1. The molecular formula is C14H25NO4. The first kappa shape index (κ1) is 14.8. The van der Waals surface area contributed by atoms with E-state index in [9.17, 15) is 4.79 Å². The van der Waals surface area contributed by atoms with Crippen molar-refractivity contribution >= 4 is 5.97 Å². The average molecular weight is 271 g/mol. The van der Waals surface area contributed by atoms with Crippen LogP contribution in [0.2, 0.25) is 0 Å². The minimum absolute atomic E-state index is 0.187. The fraction of sp³-hybridized carbons (Fsp3) is 0.929. The van der Waals surface area contributed by atoms with E-state index >= 15 is 0 Å². The van der Waals surface area contributed by atoms with Crippen molar-refractivity contribution in [3.8, 4) is 0 Å². The lowest BCUT2D eigenvalue weighted by Gasteiger charge is -2.28. The van der Waals surface area contributed by atoms with Crippen molar-refractivity contribution in [3.63, 3.8) is 0 Å². The first-order valence-electron chi connectivity index (χ1n) is 7.28. The highest BCUT2D eigenvalue weighted by Crippen LogP contribution is 2.23. The molecule has 0 spiro atoms. The van der Waals surface area contributed by atoms with Gasteiger partial charge in [-0.1, -0.05) is 0 Å². The predicted octanol–water partition coefficient (Wildman–Crippen LogP) is 1.26. The molecule has 110 valence electrons. The summed E-state index contributed by atoms with van der Waals surface area (Å²) < 4.78 is 16.3. The molecule has 5 nitrogen and oxygen atoms in total. The Kier molecular flexibility index (Phi) is 5.19. The van der Waals surface area contributed by atoms with E-state index in [-0.39, 0.29) is 12.1 Å². The zero-order chi connectivity index (χ0) is 13.7. The van der Waals surface area contributed by atoms with Gasteiger partial charge < -0.3 is 14.2 Å². The standard InChI is InChI=1S/C14H25NO4/c1-3-18-13(16)14(2,15-11-6-7-11)10-17-9-12-5-4-8-19-12/h11-12,15H,3-10H2,1-2H3. The number of carbonyl (C=O) groups is 1. The fourth-order valence-electron chi connectivity index (χ4n) is 2.30. The largest absolute Gasteiger partial charge is 0.465 e. The van der Waals surface area contributed by atoms with Gasteiger partial charge in [-0.3, -0.25) is 5.32 Å². The highest BCUT2D eigenvalue weighted by molar-refractivity contribution is 5.80. The molecule has 2 fully saturated rings. The van der Waals surface area contributed by atoms with Crippen LogP contribution in [0, 0.1) is 0 Å². The predicted molar refractivity (Wildman–Crippen MR) is 71.0 cm³/mol. The van der Waals surface area contributed by atoms with E-state index in [4.69, 9.17) is 14.2 Å². The Morgan fingerprint density at radius 2 is 2.21 bits per heavy atom. The van der Waals surface area contributed by atoms with Gasteiger partial charge in [0.1, 0.15) is 5.54 Å². The summed E-state index contributed by atoms with van der Waals surface area (Å²) >= 11 is 0. The highest BCUT2D eigenvalue weighted by atomic mass is 16.5. The van der Waals surface area contributed by atoms with E-state index in [2.05, 4.69) is 5.32 Å². The molecule has 0 bridgehead atoms. The molecule has 1 heterocycles. The molecular weight excluding hydrogens is 246 g/mol. The molecule has 2 atom stereocenters. The smallest absolute Gasteiger partial charge is 0.328 e. The normalized spacial score (nSPS) is 26.1. The van der Waals surface area contributed by atoms with Crippen molar-refractivity contribution < 1.29 is 19.0 Å². The maximum Gasteiger partial charge on any atom is 0.328 e. The topological polar surface area (TPSA) is 56.8 Å². The minimum atomic E-state index is -0.740. The van der Waals surface area contributed by atoms with Crippen LogP contribution in [0.4, 0.5) is 0 Å². The fourth-order valence-corrected chi connectivity index (χ4v) is 2.30. The molecule has 1 saturated heterocycles. The summed E-state index contributed by atoms with van der Waals surface area (Å²) in [5, 5.41) is 3.34. The molecule has 19 heavy (non-hydrogen) atoms. The van der Waals surface area contributed by atoms with Gasteiger partial charge in [0.2, 0.25) is 0 Å². The van der Waals surface area contributed by atoms with E-state index in [1.54, 1.807) is 0 Å². The summed E-state index contributed by atoms with van der Waals surface area (Å²) in [5.74, 6) is -0.228. The molecule has 0 aromatic carbocycles. The molecule has 1 saturated carbocycles. The Hall–Kier alpha value is -0.650. The zero-order valence-corrected chi connectivity index (χ0v) is 11.9. The lowest BCUT2D eigenvalue weighted by atomic mass is 10.0. The Labute approximate surface area is 115 Å². The van der Waals surface area contributed by atoms with Crippen LogP contribution in [-0.4, -0.2) is 50.1 Å². The number of nitrogens with one attached hydrogen (secondary N) is 1. The molecule has 0 aromatic rings. The lowest BCUT2D eigenvalue weighted by molar-refractivity contribution is -0.154. The van der Waals surface area contributed by atoms with Gasteiger partial charge in [-0.05, 0) is 39.5 Å². The number of esters is 1. The van der Waals surface area contributed by atoms with Gasteiger partial charge in [0, 0.05) is 12.6 Å². The van der Waals surface area contributed by atoms with Crippen molar-refractivity contribution in [2.24, 2.45) is 0 Å². The number of hydrogen-bond donors (Lipinski definition) is 1. The van der Waals surface area contributed by atoms with Crippen LogP contribution in [0.5, 0.6) is 0 Å². The second-order valence-corrected chi connectivity index (χ2v) is 5.62. The monoisotopic (exact) mass is 271 g/mol. The van der Waals surface area contributed by atoms with Gasteiger partial charge in [-0.25, -0.2) is 4.79 Å². The maximum absolute atomic E-state index is 12.1. The summed E-state index contributed by atoms with van der Waals surface area (Å²) in [6, 6.07) is 0.431. The molecule has 2 rings (SSSR count). The van der Waals surface area contributed by atoms with Crippen molar-refractivity contribution in [3.05, 3.63) is 0 Å². The minimum Gasteiger partial charge on any atom is -0.465 e. The Morgan fingerprint density at radius 3 is 2.79 bits per heavy atom. The van der Waals surface area contributed by atoms with Crippen LogP contribution in [-0.2, 0) is 19.0 Å². The maximum atomic E-state index is 12.1. The Morgan fingerprint density at radius 1 is 1.42 bits per heavy atom. The summed E-state index contributed by atoms with van der Waals surface area (Å²) in [6.45, 7) is 5.79. The first-order chi connectivity index (χ1) is 9.14. The Balaban J connectivity index is 1.79. The molecule has 1 aliphatic carbocycles. The van der Waals surface area contributed by atoms with Crippen LogP contribution in [0.1, 0.15) is 39.5 Å². The first-order valence-corrected chi connectivity index (χ1v) is 7.28. The molecule has 2 unspecified atom stereocenters. The molecule has 1 aliphatic heterocycles. The third kappa shape index (κ3) is 4.44. The van der Waals surface area contributed by atoms with E-state index in [1.807, 2.05) is 13.8 Å². The average Bonchev–Trinajstić information content (AvgIpc) is 3.03. The Bertz CT molecular complexity index is 300. The molecule has 0 radical (unpaired) electrons. The lowest BCUT2D eigenvalue weighted by Crippen LogP contribution is -2.55. The molecule has 2 aliphatic rings. The summed E-state index contributed by atoms with van der Waals surface area (Å²) in [7, 11) is 0. The van der Waals surface area contributed by atoms with Crippen molar-refractivity contribution in [2.45, 2.75) is 57.2 Å². The van der Waals surface area contributed by atoms with Crippen LogP contribution >= 0.6 is 0 Å². The SMILES string of the molecule is CCOC(=O)C(C)(COCC1CCCO1)NC1CC1. The third-order valence-corrected chi connectivity index (χ3v) is 3.54. The van der Waals surface area contributed by atoms with Crippen LogP contribution in [0.3, 0.4) is 0 Å². The van der Waals surface area contributed by atoms with Gasteiger partial charge in [-0.2, -0.15) is 0 Å². The second-order valence-electron chi connectivity index (χ2n) is 5.62. The van der Waals surface area contributed by atoms with Gasteiger partial charge in [-0.15, -0.1) is 0 Å². The van der Waals surface area contributed by atoms with Crippen molar-refractivity contribution in [2.75, 3.05) is 26.4 Å². The van der Waals surface area contributed by atoms with Gasteiger partial charge >= 0.3 is 5.97 Å². The highest BCUT2D eigenvalue weighted by Gasteiger charge is 2.40. The summed E-state index contributed by atoms with van der Waals surface area (Å²) in [5.41, 5.74) is -0.740. The van der Waals surface area contributed by atoms with E-state index < -0.39 is 5.54 Å². The van der Waals surface area contributed by atoms with Gasteiger partial charge in [0.15, 0.2) is 0 Å². The number of hydrogen-bond acceptors (Lipinski definition) is 5. The zero-order valence-electron chi connectivity index (χ0n) is 11.9. The molecule has 5 heteroatoms. The van der Waals surface area contributed by atoms with Crippen LogP contribution in [0.15, 0.2) is 0 Å². The van der Waals surface area contributed by atoms with Gasteiger partial charge in [0.05, 0.1) is 25.9 Å². The number of carbonyl (C=O) groups excluding carboxylic acids is 1. The van der Waals surface area contributed by atoms with E-state index in [1.165, 1.54) is 0 Å². The number of ether oxygens (including phenoxy) is 3. The number of rotatable bonds is 8. The third-order valence-electron chi connectivity index (χ3n) is 3.54. The van der Waals surface area contributed by atoms with E-state index in [0.717, 1.165) is 32.3 Å². The van der Waals surface area contributed by atoms with E-state index in [0.29, 0.717) is 25.9 Å². The van der Waals surface area contributed by atoms with Gasteiger partial charge in [0.25, 0.3) is 0 Å². The van der Waals surface area contributed by atoms with Crippen LogP contribution in [0.25, 0.3) is 0 Å². The second kappa shape index (κ2) is 6.68. The quantitative estimate of drug-likeness (QED) is 0.673. The molecule has 1 N–H and O–H groups in total. The summed E-state index contributed by atoms with van der Waals surface area (Å²) in [6.07, 6.45) is 4.59. The molecule has 0 amide bonds. The van der Waals surface area contributed by atoms with Crippen molar-refractivity contribution in [1.82, 2.24) is 5.32 Å².